The summed E-state index contributed by atoms with van der Waals surface area (Å²) in [5, 5.41) is 2.84. The van der Waals surface area contributed by atoms with E-state index in [-0.39, 0.29) is 30.9 Å². The average Bonchev–Trinajstić information content (AvgIpc) is 3.31. The van der Waals surface area contributed by atoms with E-state index in [4.69, 9.17) is 9.47 Å². The molecule has 2 heterocycles. The molecule has 0 unspecified atom stereocenters. The van der Waals surface area contributed by atoms with Gasteiger partial charge < -0.3 is 19.4 Å². The van der Waals surface area contributed by atoms with E-state index < -0.39 is 0 Å². The van der Waals surface area contributed by atoms with Crippen molar-refractivity contribution in [3.8, 4) is 5.75 Å². The van der Waals surface area contributed by atoms with Crippen LogP contribution in [-0.2, 0) is 16.1 Å². The molecule has 1 atom stereocenters. The second-order valence-corrected chi connectivity index (χ2v) is 7.91. The average molecular weight is 414 g/mol. The zero-order chi connectivity index (χ0) is 21.7. The van der Waals surface area contributed by atoms with Crippen molar-refractivity contribution in [1.29, 1.82) is 0 Å². The molecule has 1 fully saturated rings. The number of amides is 1. The molecule has 0 spiro atoms. The van der Waals surface area contributed by atoms with Crippen molar-refractivity contribution in [2.45, 2.75) is 39.3 Å². The topological polar surface area (TPSA) is 72.8 Å². The van der Waals surface area contributed by atoms with Gasteiger partial charge in [-0.1, -0.05) is 6.07 Å². The number of hydrogen-bond acceptors (Lipinski definition) is 5. The predicted octanol–water partition coefficient (Wildman–Crippen LogP) is 3.05. The molecule has 0 radical (unpaired) electrons. The van der Waals surface area contributed by atoms with Gasteiger partial charge in [-0.3, -0.25) is 14.5 Å². The number of methoxy groups -OCH3 is 1. The van der Waals surface area contributed by atoms with Crippen LogP contribution in [0.25, 0.3) is 0 Å². The van der Waals surface area contributed by atoms with Crippen LogP contribution < -0.4 is 10.1 Å². The number of carbonyl (C=O) groups is 2. The molecule has 1 aliphatic heterocycles. The first kappa shape index (κ1) is 22.1. The fourth-order valence-electron chi connectivity index (χ4n) is 3.89. The Kier molecular flexibility index (Phi) is 7.29. The van der Waals surface area contributed by atoms with E-state index in [1.165, 1.54) is 0 Å². The Hall–Kier alpha value is -2.64. The Bertz CT molecular complexity index is 900. The van der Waals surface area contributed by atoms with E-state index in [9.17, 15) is 9.59 Å². The summed E-state index contributed by atoms with van der Waals surface area (Å²) in [7, 11) is 3.35. The van der Waals surface area contributed by atoms with Crippen molar-refractivity contribution < 1.29 is 19.1 Å². The van der Waals surface area contributed by atoms with E-state index in [1.54, 1.807) is 31.2 Å². The van der Waals surface area contributed by atoms with Crippen molar-refractivity contribution >= 4 is 17.4 Å². The lowest BCUT2D eigenvalue weighted by atomic mass is 10.1. The zero-order valence-corrected chi connectivity index (χ0v) is 18.2. The van der Waals surface area contributed by atoms with Gasteiger partial charge in [0.15, 0.2) is 5.78 Å². The van der Waals surface area contributed by atoms with Crippen molar-refractivity contribution in [2.75, 3.05) is 39.2 Å². The Morgan fingerprint density at radius 1 is 1.27 bits per heavy atom. The van der Waals surface area contributed by atoms with Gasteiger partial charge >= 0.3 is 0 Å². The molecular weight excluding hydrogens is 382 g/mol. The highest BCUT2D eigenvalue weighted by molar-refractivity contribution is 5.99. The number of anilines is 1. The van der Waals surface area contributed by atoms with Gasteiger partial charge in [0.2, 0.25) is 5.91 Å². The zero-order valence-electron chi connectivity index (χ0n) is 18.2. The number of ether oxygens (including phenoxy) is 2. The van der Waals surface area contributed by atoms with Gasteiger partial charge in [-0.05, 0) is 51.9 Å². The molecule has 2 aromatic rings. The van der Waals surface area contributed by atoms with Crippen LogP contribution in [0, 0.1) is 13.8 Å². The summed E-state index contributed by atoms with van der Waals surface area (Å²) in [5.74, 6) is 0.510. The van der Waals surface area contributed by atoms with Crippen LogP contribution in [0.3, 0.4) is 0 Å². The lowest BCUT2D eigenvalue weighted by Gasteiger charge is -2.17. The molecule has 1 aliphatic rings. The summed E-state index contributed by atoms with van der Waals surface area (Å²) in [5.41, 5.74) is 3.40. The quantitative estimate of drug-likeness (QED) is 0.640. The molecule has 1 amide bonds. The molecule has 1 aromatic carbocycles. The minimum Gasteiger partial charge on any atom is -0.497 e. The fourth-order valence-corrected chi connectivity index (χ4v) is 3.89. The molecule has 1 N–H and O–H groups in total. The third-order valence-electron chi connectivity index (χ3n) is 5.46. The molecule has 30 heavy (non-hydrogen) atoms. The van der Waals surface area contributed by atoms with Crippen LogP contribution in [0.1, 0.15) is 34.6 Å². The van der Waals surface area contributed by atoms with Crippen LogP contribution in [0.15, 0.2) is 30.3 Å². The summed E-state index contributed by atoms with van der Waals surface area (Å²) in [6.45, 7) is 5.89. The minimum atomic E-state index is -0.178. The highest BCUT2D eigenvalue weighted by Gasteiger charge is 2.22. The highest BCUT2D eigenvalue weighted by Crippen LogP contribution is 2.21. The number of nitrogens with zero attached hydrogens (tertiary/aromatic N) is 2. The van der Waals surface area contributed by atoms with Gasteiger partial charge in [0.05, 0.1) is 26.3 Å². The maximum atomic E-state index is 12.9. The minimum absolute atomic E-state index is 0.0124. The maximum absolute atomic E-state index is 12.9. The Morgan fingerprint density at radius 3 is 2.77 bits per heavy atom. The van der Waals surface area contributed by atoms with Gasteiger partial charge in [0.25, 0.3) is 0 Å². The van der Waals surface area contributed by atoms with Gasteiger partial charge in [0, 0.05) is 41.9 Å². The summed E-state index contributed by atoms with van der Waals surface area (Å²) >= 11 is 0. The Labute approximate surface area is 178 Å². The van der Waals surface area contributed by atoms with E-state index in [2.05, 4.69) is 9.88 Å². The summed E-state index contributed by atoms with van der Waals surface area (Å²) in [4.78, 5) is 26.9. The molecule has 1 saturated heterocycles. The number of nitrogens with one attached hydrogen (secondary N) is 1. The van der Waals surface area contributed by atoms with E-state index in [0.717, 1.165) is 37.4 Å². The molecule has 162 valence electrons. The molecule has 0 bridgehead atoms. The third kappa shape index (κ3) is 5.49. The number of benzene rings is 1. The van der Waals surface area contributed by atoms with Gasteiger partial charge in [-0.15, -0.1) is 0 Å². The first-order valence-electron chi connectivity index (χ1n) is 10.3. The Morgan fingerprint density at radius 2 is 2.07 bits per heavy atom. The van der Waals surface area contributed by atoms with Crippen LogP contribution in [0.4, 0.5) is 5.69 Å². The van der Waals surface area contributed by atoms with E-state index in [1.807, 2.05) is 32.0 Å². The third-order valence-corrected chi connectivity index (χ3v) is 5.46. The normalized spacial score (nSPS) is 16.1. The fraction of sp³-hybridized carbons (Fsp3) is 0.478. The largest absolute Gasteiger partial charge is 0.497 e. The van der Waals surface area contributed by atoms with Crippen LogP contribution >= 0.6 is 0 Å². The molecule has 7 heteroatoms. The molecule has 3 rings (SSSR count). The number of likely N-dealkylation sites (N-methyl/N-ethyl adjacent to an activating group) is 1. The molecule has 7 nitrogen and oxygen atoms in total. The monoisotopic (exact) mass is 413 g/mol. The number of carbonyl (C=O) groups excluding carboxylic acids is 2. The van der Waals surface area contributed by atoms with Gasteiger partial charge in [-0.2, -0.15) is 0 Å². The number of aromatic nitrogens is 1. The van der Waals surface area contributed by atoms with Crippen LogP contribution in [0.2, 0.25) is 0 Å². The lowest BCUT2D eigenvalue weighted by molar-refractivity contribution is -0.116. The van der Waals surface area contributed by atoms with Gasteiger partial charge in [0.1, 0.15) is 5.75 Å². The predicted molar refractivity (Wildman–Crippen MR) is 116 cm³/mol. The first-order valence-corrected chi connectivity index (χ1v) is 10.3. The van der Waals surface area contributed by atoms with Crippen molar-refractivity contribution in [3.05, 3.63) is 47.3 Å². The first-order chi connectivity index (χ1) is 14.4. The van der Waals surface area contributed by atoms with Crippen molar-refractivity contribution in [2.24, 2.45) is 0 Å². The molecular formula is C23H31N3O4. The highest BCUT2D eigenvalue weighted by atomic mass is 16.5. The van der Waals surface area contributed by atoms with Crippen LogP contribution in [0.5, 0.6) is 5.75 Å². The number of aryl methyl sites for hydroxylation is 1. The number of rotatable bonds is 9. The number of Topliss-reactive ketones (excluding diaryl/α,β-unsaturated/α-hetero) is 1. The van der Waals surface area contributed by atoms with Crippen molar-refractivity contribution in [3.63, 3.8) is 0 Å². The summed E-state index contributed by atoms with van der Waals surface area (Å²) < 4.78 is 13.1. The molecule has 0 aliphatic carbocycles. The molecule has 0 saturated carbocycles. The second kappa shape index (κ2) is 9.91. The van der Waals surface area contributed by atoms with Crippen LogP contribution in [-0.4, -0.2) is 61.1 Å². The summed E-state index contributed by atoms with van der Waals surface area (Å²) in [6.07, 6.45) is 2.38. The Balaban J connectivity index is 1.56. The smallest absolute Gasteiger partial charge is 0.238 e. The second-order valence-electron chi connectivity index (χ2n) is 7.91. The maximum Gasteiger partial charge on any atom is 0.238 e. The van der Waals surface area contributed by atoms with E-state index in [0.29, 0.717) is 17.0 Å². The number of hydrogen-bond donors (Lipinski definition) is 1. The van der Waals surface area contributed by atoms with Crippen molar-refractivity contribution in [1.82, 2.24) is 9.47 Å². The molecule has 1 aromatic heterocycles. The lowest BCUT2D eigenvalue weighted by Crippen LogP contribution is -2.34. The van der Waals surface area contributed by atoms with E-state index >= 15 is 0 Å². The SMILES string of the molecule is COc1cccc(NC(=O)CN(C)CC(=O)c2cc(C)n(C[C@@H]3CCCO3)c2C)c1. The summed E-state index contributed by atoms with van der Waals surface area (Å²) in [6, 6.07) is 9.13. The number of ketones is 1. The van der Waals surface area contributed by atoms with Gasteiger partial charge in [-0.25, -0.2) is 0 Å². The standard InChI is InChI=1S/C23H31N3O4/c1-16-11-21(17(2)26(16)13-20-9-6-10-30-20)22(27)14-25(3)15-23(28)24-18-7-5-8-19(12-18)29-4/h5,7-8,11-12,20H,6,9-10,13-15H2,1-4H3,(H,24,28)/t20-/m0/s1.